The molecule has 0 aliphatic heterocycles. The van der Waals surface area contributed by atoms with Crippen LogP contribution in [0.15, 0.2) is 389 Å². The number of hydrogen-bond donors (Lipinski definition) is 5. The summed E-state index contributed by atoms with van der Waals surface area (Å²) in [6.07, 6.45) is 1.88. The molecule has 10 aromatic heterocycles. The van der Waals surface area contributed by atoms with Crippen molar-refractivity contribution in [1.82, 2.24) is 49.8 Å². The maximum Gasteiger partial charge on any atom is 0.571 e. The van der Waals surface area contributed by atoms with E-state index in [9.17, 15) is 15.1 Å². The van der Waals surface area contributed by atoms with E-state index in [1.165, 1.54) is 24.9 Å². The van der Waals surface area contributed by atoms with Gasteiger partial charge in [0.2, 0.25) is 0 Å². The standard InChI is InChI=1S/C32H18BN4O2S2.C28H16BN2O4.C26H16BN2O3.C22H17BN2O2/c38-33-39-19-14-12-18(13-15-19)31-35-23(20-8-5-11-27-29(20)21-6-1-3-9-25(21)40-27)16-24(36-31)32-34-17-28-30(37-32)22-7-2-4-10-26(22)41-28;32-29-35-28-30-22(20-11-5-9-18-16-7-1-3-13-24(16)33-26(18)20)15-23(31-28)21-12-6-10-19-17-8-2-4-14-25(17)34-27(19)21;30-27-32-26-28-22(16-6-2-1-3-7-16)15-23(29-26)19-10-11-24-20(13-19)21-12-17-8-4-5-9-18(17)14-25(21)31-24;26-23(27)22-24-20(17-11-5-2-6-12-17)15-21(25-22)19-14-8-7-13-18(19)16-9-3-1-4-10-16/h1-17,38H;1-15,32H;1-15,30H;1-15,26-27H. The van der Waals surface area contributed by atoms with Crippen LogP contribution in [0.5, 0.6) is 17.8 Å². The van der Waals surface area contributed by atoms with Crippen molar-refractivity contribution < 1.29 is 52.3 Å². The molecule has 0 atom stereocenters. The van der Waals surface area contributed by atoms with E-state index in [0.29, 0.717) is 80.3 Å². The zero-order chi connectivity index (χ0) is 90.8. The summed E-state index contributed by atoms with van der Waals surface area (Å²) in [7, 11) is 0.0897. The first kappa shape index (κ1) is 83.8. The van der Waals surface area contributed by atoms with Gasteiger partial charge in [0.15, 0.2) is 17.4 Å². The van der Waals surface area contributed by atoms with E-state index in [2.05, 4.69) is 115 Å². The van der Waals surface area contributed by atoms with Crippen molar-refractivity contribution in [3.8, 4) is 131 Å². The molecule has 0 fully saturated rings. The third-order valence-corrected chi connectivity index (χ3v) is 25.4. The minimum absolute atomic E-state index is 0.0150. The van der Waals surface area contributed by atoms with Crippen molar-refractivity contribution in [3.63, 3.8) is 0 Å². The molecule has 25 aromatic rings. The highest BCUT2D eigenvalue weighted by atomic mass is 32.1. The minimum atomic E-state index is -1.74. The number of aromatic nitrogens is 10. The Morgan fingerprint density at radius 3 is 1.35 bits per heavy atom. The Balaban J connectivity index is 0.000000106. The second kappa shape index (κ2) is 36.9. The van der Waals surface area contributed by atoms with Gasteiger partial charge in [0.05, 0.1) is 50.1 Å². The second-order valence-corrected chi connectivity index (χ2v) is 33.5. The van der Waals surface area contributed by atoms with Crippen LogP contribution in [0.1, 0.15) is 0 Å². The lowest BCUT2D eigenvalue weighted by molar-refractivity contribution is 0.422. The summed E-state index contributed by atoms with van der Waals surface area (Å²) in [6, 6.07) is 122. The van der Waals surface area contributed by atoms with Crippen molar-refractivity contribution >= 4 is 176 Å². The maximum absolute atomic E-state index is 9.68. The van der Waals surface area contributed by atoms with Gasteiger partial charge in [0.1, 0.15) is 44.9 Å². The number of rotatable bonds is 17. The average molecular weight is 1790 g/mol. The molecular weight excluding hydrogens is 1720 g/mol. The van der Waals surface area contributed by atoms with E-state index >= 15 is 0 Å². The number of benzene rings is 15. The molecule has 0 bridgehead atoms. The first-order chi connectivity index (χ1) is 66.5. The molecule has 0 unspecified atom stereocenters. The fourth-order valence-corrected chi connectivity index (χ4v) is 19.1. The molecule has 0 saturated carbocycles. The van der Waals surface area contributed by atoms with Gasteiger partial charge in [-0.3, -0.25) is 0 Å². The molecular formula is C108H67B4N10O11S2. The number of thiophene rings is 2. The van der Waals surface area contributed by atoms with Crippen LogP contribution < -0.4 is 19.7 Å². The Morgan fingerprint density at radius 2 is 0.704 bits per heavy atom. The van der Waals surface area contributed by atoms with Gasteiger partial charge in [0.25, 0.3) is 0 Å². The lowest BCUT2D eigenvalue weighted by Gasteiger charge is -2.12. The van der Waals surface area contributed by atoms with E-state index < -0.39 is 7.12 Å². The fraction of sp³-hybridized carbons (Fsp3) is 0. The first-order valence-corrected chi connectivity index (χ1v) is 44.6. The van der Waals surface area contributed by atoms with Crippen molar-refractivity contribution in [2.45, 2.75) is 0 Å². The number of hydrogen-bond acceptors (Lipinski definition) is 23. The first-order valence-electron chi connectivity index (χ1n) is 42.9. The molecule has 135 heavy (non-hydrogen) atoms. The van der Waals surface area contributed by atoms with Gasteiger partial charge in [-0.2, -0.15) is 19.9 Å². The highest BCUT2D eigenvalue weighted by molar-refractivity contribution is 7.26. The summed E-state index contributed by atoms with van der Waals surface area (Å²) < 4.78 is 38.6. The zero-order valence-corrected chi connectivity index (χ0v) is 72.7. The predicted molar refractivity (Wildman–Crippen MR) is 539 cm³/mol. The average Bonchev–Trinajstić information content (AvgIpc) is 1.64. The van der Waals surface area contributed by atoms with E-state index in [1.54, 1.807) is 34.8 Å². The minimum Gasteiger partial charge on any atom is -0.537 e. The third-order valence-electron chi connectivity index (χ3n) is 23.2. The molecule has 3 radical (unpaired) electrons. The molecule has 0 aliphatic carbocycles. The van der Waals surface area contributed by atoms with Crippen LogP contribution >= 0.6 is 22.7 Å². The molecule has 5 N–H and O–H groups in total. The Morgan fingerprint density at radius 1 is 0.267 bits per heavy atom. The number of furan rings is 3. The van der Waals surface area contributed by atoms with Gasteiger partial charge in [0, 0.05) is 113 Å². The molecule has 15 aromatic carbocycles. The Kier molecular flexibility index (Phi) is 22.9. The van der Waals surface area contributed by atoms with E-state index in [1.807, 2.05) is 279 Å². The molecule has 639 valence electrons. The third kappa shape index (κ3) is 16.8. The van der Waals surface area contributed by atoms with Crippen molar-refractivity contribution in [2.24, 2.45) is 0 Å². The molecule has 0 saturated heterocycles. The SMILES string of the molecule is OB(O)c1nc(-c2ccccc2)cc(-c2ccccc2-c2ccccc2)n1.O[B]Oc1ccc(-c2nc(-c3ncc4sc5ccccc5c4n3)cc(-c3cccc4sc5ccccc5c34)n2)cc1.O[B]Oc1nc(-c2cccc3c2oc2ccccc23)cc(-c2cccc3c2oc2ccccc23)n1.O[B]Oc1nc(-c2ccccc2)cc(-c2ccc3oc4cc5ccccc5cc4c3c2)n1. The number of para-hydroxylation sites is 4. The van der Waals surface area contributed by atoms with E-state index in [0.717, 1.165) is 154 Å². The summed E-state index contributed by atoms with van der Waals surface area (Å²) >= 11 is 3.46. The largest absolute Gasteiger partial charge is 0.571 e. The number of fused-ring (bicyclic) bond motifs is 16. The van der Waals surface area contributed by atoms with Crippen molar-refractivity contribution in [1.29, 1.82) is 0 Å². The molecule has 0 spiro atoms. The van der Waals surface area contributed by atoms with E-state index in [-0.39, 0.29) is 17.7 Å². The van der Waals surface area contributed by atoms with Crippen LogP contribution in [-0.4, -0.2) is 105 Å². The highest BCUT2D eigenvalue weighted by Crippen LogP contribution is 2.45. The van der Waals surface area contributed by atoms with Gasteiger partial charge in [-0.05, 0) is 143 Å². The summed E-state index contributed by atoms with van der Waals surface area (Å²) in [4.78, 5) is 46.5. The predicted octanol–water partition coefficient (Wildman–Crippen LogP) is 23.3. The van der Waals surface area contributed by atoms with Crippen LogP contribution in [-0.2, 0) is 0 Å². The molecule has 0 amide bonds. The van der Waals surface area contributed by atoms with Crippen LogP contribution in [0.4, 0.5) is 0 Å². The zero-order valence-electron chi connectivity index (χ0n) is 71.1. The topological polar surface area (TPSA) is 297 Å². The Labute approximate surface area is 779 Å². The summed E-state index contributed by atoms with van der Waals surface area (Å²) in [6.45, 7) is 0. The van der Waals surface area contributed by atoms with Crippen molar-refractivity contribution in [2.75, 3.05) is 0 Å². The maximum atomic E-state index is 9.68. The van der Waals surface area contributed by atoms with Crippen molar-refractivity contribution in [3.05, 3.63) is 376 Å². The van der Waals surface area contributed by atoms with Gasteiger partial charge < -0.3 is 52.3 Å². The number of nitrogens with zero attached hydrogens (tertiary/aromatic N) is 10. The molecule has 21 nitrogen and oxygen atoms in total. The second-order valence-electron chi connectivity index (χ2n) is 31.4. The van der Waals surface area contributed by atoms with Crippen LogP contribution in [0.2, 0.25) is 0 Å². The summed E-state index contributed by atoms with van der Waals surface area (Å²) in [5, 5.41) is 58.7. The Hall–Kier alpha value is -16.7. The molecule has 27 heteroatoms. The monoisotopic (exact) mass is 1790 g/mol. The van der Waals surface area contributed by atoms with Gasteiger partial charge in [-0.1, -0.05) is 249 Å². The Bertz CT molecular complexity index is 8650. The lowest BCUT2D eigenvalue weighted by atomic mass is 9.89. The van der Waals surface area contributed by atoms with E-state index in [4.69, 9.17) is 57.2 Å². The lowest BCUT2D eigenvalue weighted by Crippen LogP contribution is -2.36. The van der Waals surface area contributed by atoms with Crippen LogP contribution in [0, 0.1) is 0 Å². The van der Waals surface area contributed by atoms with Gasteiger partial charge in [-0.25, -0.2) is 29.9 Å². The summed E-state index contributed by atoms with van der Waals surface area (Å²) in [5.74, 6) is 1.61. The van der Waals surface area contributed by atoms with Crippen LogP contribution in [0.25, 0.3) is 230 Å². The normalized spacial score (nSPS) is 11.3. The quantitative estimate of drug-likeness (QED) is 0.0529. The highest BCUT2D eigenvalue weighted by Gasteiger charge is 2.25. The summed E-state index contributed by atoms with van der Waals surface area (Å²) in [5.41, 5.74) is 20.1. The fourth-order valence-electron chi connectivity index (χ4n) is 17.0. The van der Waals surface area contributed by atoms with Gasteiger partial charge >= 0.3 is 42.2 Å². The molecule has 25 rings (SSSR count). The smallest absolute Gasteiger partial charge is 0.537 e. The van der Waals surface area contributed by atoms with Gasteiger partial charge in [-0.15, -0.1) is 22.7 Å². The molecule has 10 heterocycles. The molecule has 0 aliphatic rings. The van der Waals surface area contributed by atoms with Crippen LogP contribution in [0.3, 0.4) is 0 Å².